The quantitative estimate of drug-likeness (QED) is 0.774. The van der Waals surface area contributed by atoms with Gasteiger partial charge in [0.2, 0.25) is 11.8 Å². The van der Waals surface area contributed by atoms with Crippen LogP contribution in [-0.2, 0) is 16.1 Å². The van der Waals surface area contributed by atoms with E-state index in [1.54, 1.807) is 38.1 Å². The van der Waals surface area contributed by atoms with Crippen LogP contribution >= 0.6 is 0 Å². The minimum atomic E-state index is -2.82. The van der Waals surface area contributed by atoms with Crippen LogP contribution in [0.25, 0.3) is 0 Å². The maximum Gasteiger partial charge on any atom is 0.262 e. The first-order valence-corrected chi connectivity index (χ1v) is 7.55. The number of amides is 2. The van der Waals surface area contributed by atoms with Gasteiger partial charge >= 0.3 is 0 Å². The molecule has 1 unspecified atom stereocenters. The lowest BCUT2D eigenvalue weighted by atomic mass is 10.1. The number of alkyl halides is 2. The summed E-state index contributed by atoms with van der Waals surface area (Å²) in [6, 6.07) is 6.17. The van der Waals surface area contributed by atoms with E-state index in [1.807, 2.05) is 0 Å². The molecular weight excluding hydrogens is 304 g/mol. The lowest BCUT2D eigenvalue weighted by molar-refractivity contribution is -0.123. The van der Waals surface area contributed by atoms with Crippen LogP contribution in [-0.4, -0.2) is 30.3 Å². The van der Waals surface area contributed by atoms with Crippen molar-refractivity contribution in [2.45, 2.75) is 38.8 Å². The van der Waals surface area contributed by atoms with Crippen molar-refractivity contribution in [3.05, 3.63) is 29.8 Å². The second kappa shape index (κ2) is 7.04. The summed E-state index contributed by atoms with van der Waals surface area (Å²) in [4.78, 5) is 23.4. The van der Waals surface area contributed by atoms with Gasteiger partial charge in [0.15, 0.2) is 0 Å². The molecule has 0 radical (unpaired) electrons. The molecule has 1 saturated heterocycles. The van der Waals surface area contributed by atoms with Crippen molar-refractivity contribution in [1.29, 1.82) is 0 Å². The second-order valence-electron chi connectivity index (χ2n) is 6.05. The van der Waals surface area contributed by atoms with E-state index in [2.05, 4.69) is 16.0 Å². The lowest BCUT2D eigenvalue weighted by Gasteiger charge is -2.12. The predicted octanol–water partition coefficient (Wildman–Crippen LogP) is 1.89. The van der Waals surface area contributed by atoms with E-state index in [9.17, 15) is 18.4 Å². The van der Waals surface area contributed by atoms with E-state index in [4.69, 9.17) is 0 Å². The zero-order valence-electron chi connectivity index (χ0n) is 13.2. The first-order chi connectivity index (χ1) is 10.8. The Balaban J connectivity index is 1.82. The molecular formula is C16H21F2N3O2. The van der Waals surface area contributed by atoms with Gasteiger partial charge in [0, 0.05) is 24.6 Å². The molecule has 1 atom stereocenters. The minimum absolute atomic E-state index is 0.0701. The van der Waals surface area contributed by atoms with Gasteiger partial charge in [0.05, 0.1) is 12.6 Å². The van der Waals surface area contributed by atoms with Gasteiger partial charge in [-0.15, -0.1) is 0 Å². The van der Waals surface area contributed by atoms with Crippen LogP contribution in [0.2, 0.25) is 0 Å². The molecule has 5 nitrogen and oxygen atoms in total. The molecule has 0 spiro atoms. The Kier molecular flexibility index (Phi) is 5.30. The van der Waals surface area contributed by atoms with E-state index in [0.717, 1.165) is 5.56 Å². The highest BCUT2D eigenvalue weighted by Gasteiger charge is 2.42. The second-order valence-corrected chi connectivity index (χ2v) is 6.05. The van der Waals surface area contributed by atoms with Crippen LogP contribution in [0.3, 0.4) is 0 Å². The number of rotatable bonds is 5. The molecule has 0 aromatic heterocycles. The van der Waals surface area contributed by atoms with Crippen molar-refractivity contribution in [2.75, 3.05) is 11.9 Å². The Morgan fingerprint density at radius 1 is 1.30 bits per heavy atom. The van der Waals surface area contributed by atoms with Gasteiger partial charge in [-0.3, -0.25) is 14.9 Å². The topological polar surface area (TPSA) is 70.2 Å². The number of carbonyl (C=O) groups excluding carboxylic acids is 2. The van der Waals surface area contributed by atoms with Crippen molar-refractivity contribution in [2.24, 2.45) is 5.92 Å². The molecule has 126 valence electrons. The maximum atomic E-state index is 13.0. The monoisotopic (exact) mass is 325 g/mol. The average molecular weight is 325 g/mol. The van der Waals surface area contributed by atoms with Gasteiger partial charge in [0.1, 0.15) is 0 Å². The molecule has 1 aliphatic rings. The fourth-order valence-corrected chi connectivity index (χ4v) is 2.21. The van der Waals surface area contributed by atoms with Gasteiger partial charge in [-0.05, 0) is 17.7 Å². The summed E-state index contributed by atoms with van der Waals surface area (Å²) in [6.07, 6.45) is -0.473. The molecule has 1 aliphatic heterocycles. The van der Waals surface area contributed by atoms with E-state index >= 15 is 0 Å². The molecule has 2 rings (SSSR count). The van der Waals surface area contributed by atoms with E-state index in [0.29, 0.717) is 5.69 Å². The summed E-state index contributed by atoms with van der Waals surface area (Å²) in [6.45, 7) is 3.40. The first kappa shape index (κ1) is 17.3. The molecule has 23 heavy (non-hydrogen) atoms. The standard InChI is InChI=1S/C16H21F2N3O2/c1-10(2)14(22)21-12-5-3-11(4-6-12)8-19-15(23)13-7-16(17,18)9-20-13/h3-6,10,13,20H,7-9H2,1-2H3,(H,19,23)(H,21,22). The highest BCUT2D eigenvalue weighted by atomic mass is 19.3. The van der Waals surface area contributed by atoms with E-state index in [-0.39, 0.29) is 18.4 Å². The third kappa shape index (κ3) is 4.99. The summed E-state index contributed by atoms with van der Waals surface area (Å²) < 4.78 is 26.1. The fraction of sp³-hybridized carbons (Fsp3) is 0.500. The van der Waals surface area contributed by atoms with Crippen LogP contribution < -0.4 is 16.0 Å². The van der Waals surface area contributed by atoms with Crippen LogP contribution in [0.1, 0.15) is 25.8 Å². The fourth-order valence-electron chi connectivity index (χ4n) is 2.21. The Bertz CT molecular complexity index is 573. The summed E-state index contributed by atoms with van der Waals surface area (Å²) in [5.41, 5.74) is 1.50. The normalized spacial score (nSPS) is 19.6. The lowest BCUT2D eigenvalue weighted by Crippen LogP contribution is -2.40. The zero-order chi connectivity index (χ0) is 17.0. The molecule has 0 saturated carbocycles. The third-order valence-corrected chi connectivity index (χ3v) is 3.64. The van der Waals surface area contributed by atoms with Gasteiger partial charge < -0.3 is 10.6 Å². The first-order valence-electron chi connectivity index (χ1n) is 7.55. The number of carbonyl (C=O) groups is 2. The van der Waals surface area contributed by atoms with E-state index in [1.165, 1.54) is 0 Å². The van der Waals surface area contributed by atoms with Crippen LogP contribution in [0, 0.1) is 5.92 Å². The van der Waals surface area contributed by atoms with Crippen LogP contribution in [0.15, 0.2) is 24.3 Å². The van der Waals surface area contributed by atoms with Gasteiger partial charge in [-0.1, -0.05) is 26.0 Å². The van der Waals surface area contributed by atoms with Crippen molar-refractivity contribution >= 4 is 17.5 Å². The minimum Gasteiger partial charge on any atom is -0.351 e. The van der Waals surface area contributed by atoms with Crippen LogP contribution in [0.5, 0.6) is 0 Å². The molecule has 1 aromatic carbocycles. The highest BCUT2D eigenvalue weighted by molar-refractivity contribution is 5.92. The predicted molar refractivity (Wildman–Crippen MR) is 83.1 cm³/mol. The Labute approximate surface area is 133 Å². The molecule has 0 bridgehead atoms. The number of nitrogens with one attached hydrogen (secondary N) is 3. The smallest absolute Gasteiger partial charge is 0.262 e. The van der Waals surface area contributed by atoms with Gasteiger partial charge in [-0.2, -0.15) is 0 Å². The number of hydrogen-bond acceptors (Lipinski definition) is 3. The van der Waals surface area contributed by atoms with E-state index < -0.39 is 30.8 Å². The average Bonchev–Trinajstić information content (AvgIpc) is 2.86. The summed E-state index contributed by atoms with van der Waals surface area (Å²) in [5, 5.41) is 7.92. The molecule has 7 heteroatoms. The molecule has 0 aliphatic carbocycles. The Hall–Kier alpha value is -2.02. The van der Waals surface area contributed by atoms with Crippen molar-refractivity contribution in [3.63, 3.8) is 0 Å². The van der Waals surface area contributed by atoms with Crippen LogP contribution in [0.4, 0.5) is 14.5 Å². The SMILES string of the molecule is CC(C)C(=O)Nc1ccc(CNC(=O)C2CC(F)(F)CN2)cc1. The highest BCUT2D eigenvalue weighted by Crippen LogP contribution is 2.25. The Morgan fingerprint density at radius 3 is 2.48 bits per heavy atom. The molecule has 1 fully saturated rings. The maximum absolute atomic E-state index is 13.0. The number of anilines is 1. The van der Waals surface area contributed by atoms with Crippen molar-refractivity contribution in [3.8, 4) is 0 Å². The number of hydrogen-bond donors (Lipinski definition) is 3. The van der Waals surface area contributed by atoms with Gasteiger partial charge in [-0.25, -0.2) is 8.78 Å². The summed E-state index contributed by atoms with van der Waals surface area (Å²) in [5.74, 6) is -3.43. The largest absolute Gasteiger partial charge is 0.351 e. The summed E-state index contributed by atoms with van der Waals surface area (Å²) >= 11 is 0. The van der Waals surface area contributed by atoms with Crippen molar-refractivity contribution in [1.82, 2.24) is 10.6 Å². The van der Waals surface area contributed by atoms with Gasteiger partial charge in [0.25, 0.3) is 5.92 Å². The summed E-state index contributed by atoms with van der Waals surface area (Å²) in [7, 11) is 0. The van der Waals surface area contributed by atoms with Crippen molar-refractivity contribution < 1.29 is 18.4 Å². The number of benzene rings is 1. The molecule has 1 heterocycles. The Morgan fingerprint density at radius 2 is 1.96 bits per heavy atom. The molecule has 1 aromatic rings. The molecule has 3 N–H and O–H groups in total. The molecule has 2 amide bonds. The third-order valence-electron chi connectivity index (χ3n) is 3.64. The zero-order valence-corrected chi connectivity index (χ0v) is 13.2. The number of halogens is 2.